The van der Waals surface area contributed by atoms with Crippen molar-refractivity contribution in [1.82, 2.24) is 0 Å². The Morgan fingerprint density at radius 3 is 3.00 bits per heavy atom. The largest absolute Gasteiger partial charge is 0.486 e. The molecular formula is C12H12BrFO3. The maximum absolute atomic E-state index is 13.0. The first kappa shape index (κ1) is 12.5. The van der Waals surface area contributed by atoms with Crippen molar-refractivity contribution in [3.63, 3.8) is 0 Å². The molecule has 0 bridgehead atoms. The summed E-state index contributed by atoms with van der Waals surface area (Å²) in [7, 11) is 0. The summed E-state index contributed by atoms with van der Waals surface area (Å²) in [5.41, 5.74) is 0. The third-order valence-electron chi connectivity index (χ3n) is 2.60. The van der Waals surface area contributed by atoms with Crippen LogP contribution in [0.2, 0.25) is 0 Å². The van der Waals surface area contributed by atoms with E-state index < -0.39 is 5.82 Å². The maximum atomic E-state index is 13.0. The summed E-state index contributed by atoms with van der Waals surface area (Å²) in [6.07, 6.45) is 0.745. The predicted molar refractivity (Wildman–Crippen MR) is 63.5 cm³/mol. The molecule has 1 aromatic carbocycles. The average Bonchev–Trinajstić information content (AvgIpc) is 2.78. The van der Waals surface area contributed by atoms with Crippen molar-refractivity contribution in [2.75, 3.05) is 19.8 Å². The molecule has 1 heterocycles. The molecule has 1 aliphatic rings. The molecule has 1 saturated heterocycles. The molecule has 1 atom stereocenters. The zero-order chi connectivity index (χ0) is 12.3. The Balaban J connectivity index is 1.90. The van der Waals surface area contributed by atoms with Gasteiger partial charge in [0.05, 0.1) is 6.61 Å². The van der Waals surface area contributed by atoms with E-state index >= 15 is 0 Å². The molecule has 0 aromatic heterocycles. The van der Waals surface area contributed by atoms with Crippen LogP contribution in [-0.2, 0) is 9.53 Å². The fourth-order valence-electron chi connectivity index (χ4n) is 1.67. The van der Waals surface area contributed by atoms with Gasteiger partial charge in [0.25, 0.3) is 0 Å². The van der Waals surface area contributed by atoms with E-state index in [0.29, 0.717) is 23.4 Å². The smallest absolute Gasteiger partial charge is 0.175 e. The van der Waals surface area contributed by atoms with Crippen LogP contribution in [0.15, 0.2) is 22.7 Å². The van der Waals surface area contributed by atoms with Crippen molar-refractivity contribution < 1.29 is 18.7 Å². The molecule has 17 heavy (non-hydrogen) atoms. The Hall–Kier alpha value is -0.940. The Kier molecular flexibility index (Phi) is 4.12. The minimum atomic E-state index is -0.397. The van der Waals surface area contributed by atoms with Crippen molar-refractivity contribution in [3.8, 4) is 5.75 Å². The number of carbonyl (C=O) groups is 1. The topological polar surface area (TPSA) is 35.5 Å². The lowest BCUT2D eigenvalue weighted by Crippen LogP contribution is -2.21. The number of ketones is 1. The lowest BCUT2D eigenvalue weighted by atomic mass is 10.0. The molecule has 0 N–H and O–H groups in total. The Labute approximate surface area is 107 Å². The van der Waals surface area contributed by atoms with Gasteiger partial charge in [0.2, 0.25) is 0 Å². The number of ether oxygens (including phenoxy) is 2. The highest BCUT2D eigenvalue weighted by Gasteiger charge is 2.23. The van der Waals surface area contributed by atoms with E-state index in [4.69, 9.17) is 9.47 Å². The minimum absolute atomic E-state index is 0.00267. The highest BCUT2D eigenvalue weighted by Crippen LogP contribution is 2.21. The molecule has 0 spiro atoms. The SMILES string of the molecule is O=C(COc1cc(F)cc(Br)c1)C1CCOC1. The second kappa shape index (κ2) is 5.60. The average molecular weight is 303 g/mol. The maximum Gasteiger partial charge on any atom is 0.175 e. The number of halogens is 2. The number of rotatable bonds is 4. The first-order chi connectivity index (χ1) is 8.15. The molecule has 0 radical (unpaired) electrons. The van der Waals surface area contributed by atoms with Gasteiger partial charge in [0, 0.05) is 23.1 Å². The van der Waals surface area contributed by atoms with Crippen LogP contribution < -0.4 is 4.74 Å². The molecule has 0 saturated carbocycles. The van der Waals surface area contributed by atoms with E-state index in [2.05, 4.69) is 15.9 Å². The fourth-order valence-corrected chi connectivity index (χ4v) is 2.12. The second-order valence-electron chi connectivity index (χ2n) is 3.92. The van der Waals surface area contributed by atoms with E-state index in [0.717, 1.165) is 6.42 Å². The van der Waals surface area contributed by atoms with Crippen LogP contribution in [0, 0.1) is 11.7 Å². The molecular weight excluding hydrogens is 291 g/mol. The van der Waals surface area contributed by atoms with Crippen LogP contribution >= 0.6 is 15.9 Å². The van der Waals surface area contributed by atoms with Gasteiger partial charge in [-0.15, -0.1) is 0 Å². The quantitative estimate of drug-likeness (QED) is 0.857. The third kappa shape index (κ3) is 3.51. The van der Waals surface area contributed by atoms with Crippen molar-refractivity contribution in [2.24, 2.45) is 5.92 Å². The number of hydrogen-bond donors (Lipinski definition) is 0. The zero-order valence-electron chi connectivity index (χ0n) is 9.12. The lowest BCUT2D eigenvalue weighted by molar-refractivity contribution is -0.124. The number of benzene rings is 1. The van der Waals surface area contributed by atoms with Gasteiger partial charge >= 0.3 is 0 Å². The third-order valence-corrected chi connectivity index (χ3v) is 3.06. The van der Waals surface area contributed by atoms with Crippen LogP contribution in [0.25, 0.3) is 0 Å². The minimum Gasteiger partial charge on any atom is -0.486 e. The molecule has 2 rings (SSSR count). The summed E-state index contributed by atoms with van der Waals surface area (Å²) >= 11 is 3.16. The Morgan fingerprint density at radius 1 is 1.53 bits per heavy atom. The van der Waals surface area contributed by atoms with E-state index in [1.165, 1.54) is 12.1 Å². The van der Waals surface area contributed by atoms with Gasteiger partial charge in [-0.05, 0) is 18.6 Å². The van der Waals surface area contributed by atoms with E-state index in [-0.39, 0.29) is 18.3 Å². The molecule has 3 nitrogen and oxygen atoms in total. The molecule has 5 heteroatoms. The summed E-state index contributed by atoms with van der Waals surface area (Å²) in [6.45, 7) is 1.06. The van der Waals surface area contributed by atoms with E-state index in [9.17, 15) is 9.18 Å². The summed E-state index contributed by atoms with van der Waals surface area (Å²) in [4.78, 5) is 11.7. The van der Waals surface area contributed by atoms with Gasteiger partial charge in [-0.3, -0.25) is 4.79 Å². The zero-order valence-corrected chi connectivity index (χ0v) is 10.7. The number of Topliss-reactive ketones (excluding diaryl/α,β-unsaturated/α-hetero) is 1. The molecule has 92 valence electrons. The highest BCUT2D eigenvalue weighted by molar-refractivity contribution is 9.10. The molecule has 1 fully saturated rings. The van der Waals surface area contributed by atoms with Crippen LogP contribution in [-0.4, -0.2) is 25.6 Å². The molecule has 1 aliphatic heterocycles. The number of carbonyl (C=O) groups excluding carboxylic acids is 1. The van der Waals surface area contributed by atoms with Crippen molar-refractivity contribution in [3.05, 3.63) is 28.5 Å². The lowest BCUT2D eigenvalue weighted by Gasteiger charge is -2.09. The van der Waals surface area contributed by atoms with Crippen molar-refractivity contribution in [2.45, 2.75) is 6.42 Å². The molecule has 0 amide bonds. The van der Waals surface area contributed by atoms with E-state index in [1.807, 2.05) is 0 Å². The van der Waals surface area contributed by atoms with Gasteiger partial charge in [-0.1, -0.05) is 15.9 Å². The fraction of sp³-hybridized carbons (Fsp3) is 0.417. The molecule has 0 aliphatic carbocycles. The van der Waals surface area contributed by atoms with Gasteiger partial charge < -0.3 is 9.47 Å². The van der Waals surface area contributed by atoms with E-state index in [1.54, 1.807) is 6.07 Å². The normalized spacial score (nSPS) is 19.3. The van der Waals surface area contributed by atoms with Crippen molar-refractivity contribution in [1.29, 1.82) is 0 Å². The monoisotopic (exact) mass is 302 g/mol. The summed E-state index contributed by atoms with van der Waals surface area (Å²) < 4.78 is 24.0. The Bertz CT molecular complexity index is 396. The Morgan fingerprint density at radius 2 is 2.35 bits per heavy atom. The predicted octanol–water partition coefficient (Wildman–Crippen LogP) is 2.57. The second-order valence-corrected chi connectivity index (χ2v) is 4.84. The summed E-state index contributed by atoms with van der Waals surface area (Å²) in [5.74, 6) is -0.120. The standard InChI is InChI=1S/C12H12BrFO3/c13-9-3-10(14)5-11(4-9)17-7-12(15)8-1-2-16-6-8/h3-5,8H,1-2,6-7H2. The van der Waals surface area contributed by atoms with Crippen LogP contribution in [0.1, 0.15) is 6.42 Å². The first-order valence-corrected chi connectivity index (χ1v) is 6.14. The molecule has 1 unspecified atom stereocenters. The van der Waals surface area contributed by atoms with Gasteiger partial charge in [0.15, 0.2) is 5.78 Å². The van der Waals surface area contributed by atoms with Gasteiger partial charge in [-0.25, -0.2) is 4.39 Å². The van der Waals surface area contributed by atoms with Crippen molar-refractivity contribution >= 4 is 21.7 Å². The van der Waals surface area contributed by atoms with Gasteiger partial charge in [-0.2, -0.15) is 0 Å². The van der Waals surface area contributed by atoms with Gasteiger partial charge in [0.1, 0.15) is 18.2 Å². The van der Waals surface area contributed by atoms with Crippen LogP contribution in [0.3, 0.4) is 0 Å². The highest BCUT2D eigenvalue weighted by atomic mass is 79.9. The first-order valence-electron chi connectivity index (χ1n) is 5.34. The summed E-state index contributed by atoms with van der Waals surface area (Å²) in [6, 6.07) is 4.21. The summed E-state index contributed by atoms with van der Waals surface area (Å²) in [5, 5.41) is 0. The number of hydrogen-bond acceptors (Lipinski definition) is 3. The molecule has 1 aromatic rings. The van der Waals surface area contributed by atoms with Crippen LogP contribution in [0.5, 0.6) is 5.75 Å². The van der Waals surface area contributed by atoms with Crippen LogP contribution in [0.4, 0.5) is 4.39 Å².